The molecule has 0 unspecified atom stereocenters. The highest BCUT2D eigenvalue weighted by Gasteiger charge is 2.26. The number of carbonyl (C=O) groups excluding carboxylic acids is 3. The van der Waals surface area contributed by atoms with Crippen LogP contribution in [0, 0.1) is 0 Å². The molecule has 158 valence electrons. The second-order valence-electron chi connectivity index (χ2n) is 8.42. The largest absolute Gasteiger partial charge is 0.366 e. The fourth-order valence-electron chi connectivity index (χ4n) is 4.73. The molecule has 5 rings (SSSR count). The molecule has 0 saturated carbocycles. The van der Waals surface area contributed by atoms with Crippen molar-refractivity contribution in [3.05, 3.63) is 64.8 Å². The number of piperidine rings is 1. The van der Waals surface area contributed by atoms with Crippen LogP contribution < -0.4 is 11.1 Å². The molecular formula is C24H24N4O3. The monoisotopic (exact) mass is 416 g/mol. The molecule has 0 aliphatic carbocycles. The van der Waals surface area contributed by atoms with Crippen molar-refractivity contribution in [3.63, 3.8) is 0 Å². The van der Waals surface area contributed by atoms with E-state index in [1.165, 1.54) is 5.56 Å². The van der Waals surface area contributed by atoms with E-state index in [1.807, 2.05) is 41.4 Å². The van der Waals surface area contributed by atoms with Crippen molar-refractivity contribution in [3.8, 4) is 0 Å². The lowest BCUT2D eigenvalue weighted by atomic mass is 9.88. The standard InChI is InChI=1S/C24H24N4O3/c25-24(31)17-3-4-20-18(11-17)19(13-26-20)15-5-7-28(8-6-15)23(30)10-14-1-2-16-12-22(29)27-21(16)9-14/h1-4,9,11,13,15,26H,5-8,10,12H2,(H2,25,31)(H,27,29). The molecule has 0 spiro atoms. The minimum Gasteiger partial charge on any atom is -0.366 e. The van der Waals surface area contributed by atoms with E-state index in [0.717, 1.165) is 40.6 Å². The average molecular weight is 416 g/mol. The Morgan fingerprint density at radius 3 is 2.68 bits per heavy atom. The molecule has 3 amide bonds. The van der Waals surface area contributed by atoms with Gasteiger partial charge in [-0.1, -0.05) is 12.1 Å². The summed E-state index contributed by atoms with van der Waals surface area (Å²) >= 11 is 0. The van der Waals surface area contributed by atoms with Crippen molar-refractivity contribution >= 4 is 34.3 Å². The van der Waals surface area contributed by atoms with Crippen LogP contribution in [0.3, 0.4) is 0 Å². The fourth-order valence-corrected chi connectivity index (χ4v) is 4.73. The Kier molecular flexibility index (Phi) is 4.73. The number of hydrogen-bond donors (Lipinski definition) is 3. The molecule has 4 N–H and O–H groups in total. The molecule has 2 aliphatic heterocycles. The fraction of sp³-hybridized carbons (Fsp3) is 0.292. The molecule has 3 heterocycles. The first-order valence-corrected chi connectivity index (χ1v) is 10.6. The summed E-state index contributed by atoms with van der Waals surface area (Å²) in [5, 5.41) is 3.87. The number of anilines is 1. The number of carbonyl (C=O) groups is 3. The Morgan fingerprint density at radius 2 is 1.90 bits per heavy atom. The number of H-pyrrole nitrogens is 1. The number of likely N-dealkylation sites (tertiary alicyclic amines) is 1. The first kappa shape index (κ1) is 19.4. The second-order valence-corrected chi connectivity index (χ2v) is 8.42. The molecule has 3 aromatic rings. The van der Waals surface area contributed by atoms with E-state index in [0.29, 0.717) is 37.4 Å². The molecule has 7 nitrogen and oxygen atoms in total. The summed E-state index contributed by atoms with van der Waals surface area (Å²) in [6, 6.07) is 11.2. The highest BCUT2D eigenvalue weighted by Crippen LogP contribution is 2.34. The lowest BCUT2D eigenvalue weighted by Gasteiger charge is -2.32. The number of aromatic nitrogens is 1. The van der Waals surface area contributed by atoms with Crippen molar-refractivity contribution in [1.29, 1.82) is 0 Å². The number of benzene rings is 2. The Morgan fingerprint density at radius 1 is 1.10 bits per heavy atom. The minimum absolute atomic E-state index is 0.000721. The SMILES string of the molecule is NC(=O)c1ccc2[nH]cc(C3CCN(C(=O)Cc4ccc5c(c4)NC(=O)C5)CC3)c2c1. The van der Waals surface area contributed by atoms with Gasteiger partial charge >= 0.3 is 0 Å². The molecular weight excluding hydrogens is 392 g/mol. The van der Waals surface area contributed by atoms with Gasteiger partial charge < -0.3 is 20.9 Å². The Labute approximate surface area is 179 Å². The summed E-state index contributed by atoms with van der Waals surface area (Å²) in [5.74, 6) is 0.00941. The van der Waals surface area contributed by atoms with Gasteiger partial charge in [0.15, 0.2) is 0 Å². The average Bonchev–Trinajstić information content (AvgIpc) is 3.35. The molecule has 0 radical (unpaired) electrons. The van der Waals surface area contributed by atoms with Crippen LogP contribution in [-0.4, -0.2) is 40.7 Å². The molecule has 1 saturated heterocycles. The Bertz CT molecular complexity index is 1200. The first-order chi connectivity index (χ1) is 15.0. The van der Waals surface area contributed by atoms with E-state index in [2.05, 4.69) is 10.3 Å². The van der Waals surface area contributed by atoms with Gasteiger partial charge in [-0.3, -0.25) is 14.4 Å². The smallest absolute Gasteiger partial charge is 0.248 e. The third-order valence-corrected chi connectivity index (χ3v) is 6.44. The predicted molar refractivity (Wildman–Crippen MR) is 118 cm³/mol. The van der Waals surface area contributed by atoms with Gasteiger partial charge in [0.25, 0.3) is 0 Å². The highest BCUT2D eigenvalue weighted by molar-refractivity contribution is 5.99. The van der Waals surface area contributed by atoms with Crippen LogP contribution in [0.2, 0.25) is 0 Å². The third-order valence-electron chi connectivity index (χ3n) is 6.44. The van der Waals surface area contributed by atoms with Crippen LogP contribution >= 0.6 is 0 Å². The van der Waals surface area contributed by atoms with Crippen molar-refractivity contribution < 1.29 is 14.4 Å². The molecule has 2 aromatic carbocycles. The van der Waals surface area contributed by atoms with Gasteiger partial charge in [-0.05, 0) is 59.7 Å². The lowest BCUT2D eigenvalue weighted by molar-refractivity contribution is -0.131. The highest BCUT2D eigenvalue weighted by atomic mass is 16.2. The molecule has 31 heavy (non-hydrogen) atoms. The summed E-state index contributed by atoms with van der Waals surface area (Å²) in [6.45, 7) is 1.40. The van der Waals surface area contributed by atoms with Crippen LogP contribution in [0.5, 0.6) is 0 Å². The predicted octanol–water partition coefficient (Wildman–Crippen LogP) is 2.71. The topological polar surface area (TPSA) is 108 Å². The number of rotatable bonds is 4. The maximum atomic E-state index is 12.8. The van der Waals surface area contributed by atoms with E-state index in [-0.39, 0.29) is 11.8 Å². The summed E-state index contributed by atoms with van der Waals surface area (Å²) in [5.41, 5.74) is 10.8. The summed E-state index contributed by atoms with van der Waals surface area (Å²) in [6.07, 6.45) is 4.50. The van der Waals surface area contributed by atoms with Gasteiger partial charge in [0, 0.05) is 41.4 Å². The van der Waals surface area contributed by atoms with E-state index in [1.54, 1.807) is 6.07 Å². The Balaban J connectivity index is 1.24. The molecule has 1 aromatic heterocycles. The first-order valence-electron chi connectivity index (χ1n) is 10.6. The normalized spacial score (nSPS) is 16.4. The van der Waals surface area contributed by atoms with Gasteiger partial charge in [-0.2, -0.15) is 0 Å². The van der Waals surface area contributed by atoms with Gasteiger partial charge in [0.05, 0.1) is 12.8 Å². The molecule has 0 atom stereocenters. The number of nitrogens with one attached hydrogen (secondary N) is 2. The number of nitrogens with two attached hydrogens (primary N) is 1. The van der Waals surface area contributed by atoms with Crippen LogP contribution in [0.4, 0.5) is 5.69 Å². The Hall–Kier alpha value is -3.61. The zero-order valence-electron chi connectivity index (χ0n) is 17.1. The van der Waals surface area contributed by atoms with E-state index >= 15 is 0 Å². The number of fused-ring (bicyclic) bond motifs is 2. The van der Waals surface area contributed by atoms with Gasteiger partial charge in [-0.15, -0.1) is 0 Å². The van der Waals surface area contributed by atoms with Gasteiger partial charge in [-0.25, -0.2) is 0 Å². The van der Waals surface area contributed by atoms with Crippen LogP contribution in [-0.2, 0) is 22.4 Å². The number of aromatic amines is 1. The zero-order valence-corrected chi connectivity index (χ0v) is 17.1. The van der Waals surface area contributed by atoms with Gasteiger partial charge in [0.2, 0.25) is 17.7 Å². The lowest BCUT2D eigenvalue weighted by Crippen LogP contribution is -2.38. The molecule has 1 fully saturated rings. The van der Waals surface area contributed by atoms with Gasteiger partial charge in [0.1, 0.15) is 0 Å². The quantitative estimate of drug-likeness (QED) is 0.608. The number of nitrogens with zero attached hydrogens (tertiary/aromatic N) is 1. The van der Waals surface area contributed by atoms with E-state index in [9.17, 15) is 14.4 Å². The summed E-state index contributed by atoms with van der Waals surface area (Å²) < 4.78 is 0. The maximum Gasteiger partial charge on any atom is 0.248 e. The van der Waals surface area contributed by atoms with Crippen molar-refractivity contribution in [2.45, 2.75) is 31.6 Å². The number of primary amides is 1. The zero-order chi connectivity index (χ0) is 21.5. The van der Waals surface area contributed by atoms with Crippen LogP contribution in [0.1, 0.15) is 45.8 Å². The molecule has 0 bridgehead atoms. The van der Waals surface area contributed by atoms with E-state index < -0.39 is 5.91 Å². The summed E-state index contributed by atoms with van der Waals surface area (Å²) in [7, 11) is 0. The second kappa shape index (κ2) is 7.58. The molecule has 2 aliphatic rings. The summed E-state index contributed by atoms with van der Waals surface area (Å²) in [4.78, 5) is 41.1. The van der Waals surface area contributed by atoms with Crippen LogP contribution in [0.25, 0.3) is 10.9 Å². The van der Waals surface area contributed by atoms with E-state index in [4.69, 9.17) is 5.73 Å². The van der Waals surface area contributed by atoms with Crippen molar-refractivity contribution in [2.24, 2.45) is 5.73 Å². The van der Waals surface area contributed by atoms with Crippen molar-refractivity contribution in [2.75, 3.05) is 18.4 Å². The van der Waals surface area contributed by atoms with Crippen molar-refractivity contribution in [1.82, 2.24) is 9.88 Å². The number of hydrogen-bond acceptors (Lipinski definition) is 3. The number of amides is 3. The minimum atomic E-state index is -0.430. The van der Waals surface area contributed by atoms with Crippen LogP contribution in [0.15, 0.2) is 42.6 Å². The third kappa shape index (κ3) is 3.67. The molecule has 7 heteroatoms. The maximum absolute atomic E-state index is 12.8.